The Morgan fingerprint density at radius 2 is 1.83 bits per heavy atom. The minimum Gasteiger partial charge on any atom is -0.497 e. The Bertz CT molecular complexity index is 977. The van der Waals surface area contributed by atoms with Crippen molar-refractivity contribution in [1.82, 2.24) is 15.2 Å². The summed E-state index contributed by atoms with van der Waals surface area (Å²) >= 11 is 0. The van der Waals surface area contributed by atoms with E-state index in [1.165, 1.54) is 0 Å². The van der Waals surface area contributed by atoms with Gasteiger partial charge in [-0.2, -0.15) is 0 Å². The van der Waals surface area contributed by atoms with Gasteiger partial charge in [0.15, 0.2) is 0 Å². The van der Waals surface area contributed by atoms with Gasteiger partial charge in [0.25, 0.3) is 0 Å². The lowest BCUT2D eigenvalue weighted by molar-refractivity contribution is -0.139. The SMILES string of the molecule is CCOC(=O)C1=C(COC(=O)c2cccn2C)NC(=O)N[C@H]1c1ccc(OC)cc1. The molecule has 158 valence electrons. The number of hydrogen-bond acceptors (Lipinski definition) is 6. The smallest absolute Gasteiger partial charge is 0.355 e. The molecule has 0 saturated carbocycles. The molecule has 9 nitrogen and oxygen atoms in total. The van der Waals surface area contributed by atoms with Crippen LogP contribution in [-0.4, -0.2) is 42.9 Å². The monoisotopic (exact) mass is 413 g/mol. The Morgan fingerprint density at radius 1 is 1.10 bits per heavy atom. The lowest BCUT2D eigenvalue weighted by atomic mass is 9.95. The number of hydrogen-bond donors (Lipinski definition) is 2. The second-order valence-electron chi connectivity index (χ2n) is 6.50. The van der Waals surface area contributed by atoms with Gasteiger partial charge in [0.05, 0.1) is 31.0 Å². The summed E-state index contributed by atoms with van der Waals surface area (Å²) in [4.78, 5) is 37.3. The average molecular weight is 413 g/mol. The molecule has 0 bridgehead atoms. The molecule has 3 rings (SSSR count). The molecular formula is C21H23N3O6. The number of methoxy groups -OCH3 is 1. The van der Waals surface area contributed by atoms with Gasteiger partial charge >= 0.3 is 18.0 Å². The second-order valence-corrected chi connectivity index (χ2v) is 6.50. The summed E-state index contributed by atoms with van der Waals surface area (Å²) in [6.45, 7) is 1.55. The number of benzene rings is 1. The molecule has 2 aromatic rings. The molecule has 0 saturated heterocycles. The van der Waals surface area contributed by atoms with Gasteiger partial charge in [-0.25, -0.2) is 14.4 Å². The van der Waals surface area contributed by atoms with Crippen LogP contribution in [0.15, 0.2) is 53.9 Å². The van der Waals surface area contributed by atoms with E-state index in [1.54, 1.807) is 68.2 Å². The van der Waals surface area contributed by atoms with Crippen molar-refractivity contribution in [2.45, 2.75) is 13.0 Å². The molecule has 0 spiro atoms. The molecule has 0 fully saturated rings. The number of esters is 2. The van der Waals surface area contributed by atoms with Gasteiger partial charge in [-0.1, -0.05) is 12.1 Å². The first-order chi connectivity index (χ1) is 14.4. The van der Waals surface area contributed by atoms with E-state index in [0.29, 0.717) is 17.0 Å². The predicted molar refractivity (Wildman–Crippen MR) is 107 cm³/mol. The molecule has 1 aliphatic heterocycles. The van der Waals surface area contributed by atoms with Crippen molar-refractivity contribution in [1.29, 1.82) is 0 Å². The third-order valence-electron chi connectivity index (χ3n) is 4.60. The lowest BCUT2D eigenvalue weighted by Crippen LogP contribution is -2.47. The van der Waals surface area contributed by atoms with Crippen molar-refractivity contribution in [3.8, 4) is 5.75 Å². The van der Waals surface area contributed by atoms with Crippen LogP contribution in [0.1, 0.15) is 29.0 Å². The van der Waals surface area contributed by atoms with Crippen molar-refractivity contribution in [3.05, 3.63) is 65.1 Å². The highest BCUT2D eigenvalue weighted by molar-refractivity contribution is 5.95. The van der Waals surface area contributed by atoms with Crippen molar-refractivity contribution >= 4 is 18.0 Å². The second kappa shape index (κ2) is 9.17. The summed E-state index contributed by atoms with van der Waals surface area (Å²) in [5, 5.41) is 5.28. The van der Waals surface area contributed by atoms with E-state index in [2.05, 4.69) is 10.6 Å². The minimum absolute atomic E-state index is 0.155. The van der Waals surface area contributed by atoms with Crippen LogP contribution < -0.4 is 15.4 Å². The fourth-order valence-electron chi connectivity index (χ4n) is 3.11. The average Bonchev–Trinajstić information content (AvgIpc) is 3.17. The van der Waals surface area contributed by atoms with E-state index < -0.39 is 24.0 Å². The van der Waals surface area contributed by atoms with E-state index in [1.807, 2.05) is 0 Å². The summed E-state index contributed by atoms with van der Waals surface area (Å²) in [7, 11) is 3.26. The number of carbonyl (C=O) groups is 3. The fourth-order valence-corrected chi connectivity index (χ4v) is 3.11. The number of nitrogens with zero attached hydrogens (tertiary/aromatic N) is 1. The number of aromatic nitrogens is 1. The van der Waals surface area contributed by atoms with Gasteiger partial charge < -0.3 is 29.4 Å². The van der Waals surface area contributed by atoms with Gasteiger partial charge in [0.2, 0.25) is 0 Å². The van der Waals surface area contributed by atoms with E-state index in [-0.39, 0.29) is 24.5 Å². The summed E-state index contributed by atoms with van der Waals surface area (Å²) < 4.78 is 17.3. The molecule has 9 heteroatoms. The van der Waals surface area contributed by atoms with Crippen molar-refractivity contribution in [2.24, 2.45) is 7.05 Å². The zero-order valence-electron chi connectivity index (χ0n) is 16.9. The first-order valence-electron chi connectivity index (χ1n) is 9.34. The van der Waals surface area contributed by atoms with Crippen LogP contribution in [0, 0.1) is 0 Å². The zero-order valence-corrected chi connectivity index (χ0v) is 16.9. The van der Waals surface area contributed by atoms with Gasteiger partial charge in [-0.3, -0.25) is 0 Å². The van der Waals surface area contributed by atoms with Gasteiger partial charge in [0.1, 0.15) is 18.1 Å². The molecule has 0 aliphatic carbocycles. The number of rotatable bonds is 7. The maximum absolute atomic E-state index is 12.7. The molecule has 0 unspecified atom stereocenters. The topological polar surface area (TPSA) is 108 Å². The van der Waals surface area contributed by atoms with Crippen LogP contribution in [0.2, 0.25) is 0 Å². The van der Waals surface area contributed by atoms with Crippen molar-refractivity contribution in [3.63, 3.8) is 0 Å². The number of ether oxygens (including phenoxy) is 3. The third-order valence-corrected chi connectivity index (χ3v) is 4.60. The Labute approximate surface area is 173 Å². The molecule has 1 aliphatic rings. The molecule has 2 N–H and O–H groups in total. The summed E-state index contributed by atoms with van der Waals surface area (Å²) in [6.07, 6.45) is 1.71. The summed E-state index contributed by atoms with van der Waals surface area (Å²) in [5.74, 6) is -0.555. The van der Waals surface area contributed by atoms with Gasteiger partial charge in [-0.05, 0) is 36.8 Å². The molecule has 0 radical (unpaired) electrons. The highest BCUT2D eigenvalue weighted by Gasteiger charge is 2.34. The van der Waals surface area contributed by atoms with Crippen molar-refractivity contribution in [2.75, 3.05) is 20.3 Å². The Morgan fingerprint density at radius 3 is 2.43 bits per heavy atom. The number of urea groups is 1. The first kappa shape index (κ1) is 21.0. The van der Waals surface area contributed by atoms with E-state index in [0.717, 1.165) is 0 Å². The van der Waals surface area contributed by atoms with Crippen LogP contribution in [-0.2, 0) is 21.3 Å². The fraction of sp³-hybridized carbons (Fsp3) is 0.286. The third kappa shape index (κ3) is 4.45. The maximum Gasteiger partial charge on any atom is 0.355 e. The predicted octanol–water partition coefficient (Wildman–Crippen LogP) is 2.06. The number of carbonyl (C=O) groups excluding carboxylic acids is 3. The Hall–Kier alpha value is -3.75. The molecule has 1 atom stereocenters. The zero-order chi connectivity index (χ0) is 21.7. The summed E-state index contributed by atoms with van der Waals surface area (Å²) in [6, 6.07) is 8.96. The van der Waals surface area contributed by atoms with Crippen LogP contribution >= 0.6 is 0 Å². The van der Waals surface area contributed by atoms with Crippen LogP contribution in [0.4, 0.5) is 4.79 Å². The van der Waals surface area contributed by atoms with E-state index in [4.69, 9.17) is 14.2 Å². The van der Waals surface area contributed by atoms with E-state index in [9.17, 15) is 14.4 Å². The molecule has 30 heavy (non-hydrogen) atoms. The number of aryl methyl sites for hydroxylation is 1. The normalized spacial score (nSPS) is 15.8. The number of nitrogens with one attached hydrogen (secondary N) is 2. The highest BCUT2D eigenvalue weighted by atomic mass is 16.5. The summed E-state index contributed by atoms with van der Waals surface area (Å²) in [5.41, 5.74) is 1.34. The van der Waals surface area contributed by atoms with Crippen LogP contribution in [0.5, 0.6) is 5.75 Å². The van der Waals surface area contributed by atoms with Crippen LogP contribution in [0.25, 0.3) is 0 Å². The highest BCUT2D eigenvalue weighted by Crippen LogP contribution is 2.29. The van der Waals surface area contributed by atoms with Gasteiger partial charge in [-0.15, -0.1) is 0 Å². The molecule has 1 aromatic carbocycles. The van der Waals surface area contributed by atoms with Gasteiger partial charge in [0, 0.05) is 13.2 Å². The Kier molecular flexibility index (Phi) is 6.41. The first-order valence-corrected chi connectivity index (χ1v) is 9.34. The molecule has 2 amide bonds. The number of amides is 2. The molecular weight excluding hydrogens is 390 g/mol. The van der Waals surface area contributed by atoms with Crippen molar-refractivity contribution < 1.29 is 28.6 Å². The van der Waals surface area contributed by atoms with E-state index >= 15 is 0 Å². The minimum atomic E-state index is -0.771. The van der Waals surface area contributed by atoms with Crippen LogP contribution in [0.3, 0.4) is 0 Å². The quantitative estimate of drug-likeness (QED) is 0.673. The molecule has 1 aromatic heterocycles. The maximum atomic E-state index is 12.7. The standard InChI is InChI=1S/C21H23N3O6/c1-4-29-20(26)17-15(12-30-19(25)16-6-5-11-24(16)2)22-21(27)23-18(17)13-7-9-14(28-3)10-8-13/h5-11,18H,4,12H2,1-3H3,(H2,22,23,27)/t18-/m0/s1. The lowest BCUT2D eigenvalue weighted by Gasteiger charge is -2.29. The molecule has 2 heterocycles. The largest absolute Gasteiger partial charge is 0.497 e. The Balaban J connectivity index is 1.93.